The molecule has 0 aromatic heterocycles. The quantitative estimate of drug-likeness (QED) is 0.786. The molecule has 18 heavy (non-hydrogen) atoms. The molecule has 96 valence electrons. The van der Waals surface area contributed by atoms with Crippen LogP contribution >= 0.6 is 0 Å². The number of benzene rings is 1. The van der Waals surface area contributed by atoms with Crippen LogP contribution in [0.5, 0.6) is 11.5 Å². The van der Waals surface area contributed by atoms with E-state index in [1.165, 1.54) is 6.08 Å². The molecule has 1 rings (SSSR count). The molecule has 4 nitrogen and oxygen atoms in total. The molecular weight excluding hydrogens is 232 g/mol. The summed E-state index contributed by atoms with van der Waals surface area (Å²) in [7, 11) is 1.56. The zero-order valence-corrected chi connectivity index (χ0v) is 10.4. The Balaban J connectivity index is 2.73. The van der Waals surface area contributed by atoms with Crippen LogP contribution in [0.3, 0.4) is 0 Å². The van der Waals surface area contributed by atoms with Crippen LogP contribution in [-0.4, -0.2) is 24.8 Å². The van der Waals surface area contributed by atoms with Gasteiger partial charge in [0.2, 0.25) is 0 Å². The second-order valence-corrected chi connectivity index (χ2v) is 3.46. The van der Waals surface area contributed by atoms with Crippen molar-refractivity contribution in [3.8, 4) is 11.5 Å². The zero-order valence-electron chi connectivity index (χ0n) is 10.4. The molecular formula is C14H16O4. The largest absolute Gasteiger partial charge is 0.493 e. The lowest BCUT2D eigenvalue weighted by molar-refractivity contribution is -0.131. The van der Waals surface area contributed by atoms with Gasteiger partial charge in [-0.2, -0.15) is 0 Å². The van der Waals surface area contributed by atoms with Gasteiger partial charge < -0.3 is 14.6 Å². The first-order valence-corrected chi connectivity index (χ1v) is 5.50. The number of allylic oxidation sites excluding steroid dienone is 1. The molecule has 1 aromatic rings. The maximum atomic E-state index is 10.3. The molecule has 0 amide bonds. The Morgan fingerprint density at radius 2 is 2.17 bits per heavy atom. The van der Waals surface area contributed by atoms with E-state index in [9.17, 15) is 4.79 Å². The van der Waals surface area contributed by atoms with Crippen LogP contribution in [-0.2, 0) is 4.79 Å². The fourth-order valence-electron chi connectivity index (χ4n) is 1.39. The van der Waals surface area contributed by atoms with Crippen molar-refractivity contribution in [1.82, 2.24) is 0 Å². The van der Waals surface area contributed by atoms with Gasteiger partial charge in [-0.15, -0.1) is 0 Å². The van der Waals surface area contributed by atoms with Crippen molar-refractivity contribution in [2.45, 2.75) is 6.92 Å². The number of hydrogen-bond donors (Lipinski definition) is 1. The highest BCUT2D eigenvalue weighted by atomic mass is 16.5. The molecule has 0 fully saturated rings. The van der Waals surface area contributed by atoms with Crippen LogP contribution in [0.2, 0.25) is 0 Å². The van der Waals surface area contributed by atoms with Crippen molar-refractivity contribution >= 4 is 12.0 Å². The third-order valence-electron chi connectivity index (χ3n) is 2.14. The predicted octanol–water partition coefficient (Wildman–Crippen LogP) is 2.75. The predicted molar refractivity (Wildman–Crippen MR) is 70.0 cm³/mol. The van der Waals surface area contributed by atoms with Gasteiger partial charge in [-0.1, -0.05) is 18.2 Å². The molecule has 0 spiro atoms. The van der Waals surface area contributed by atoms with Gasteiger partial charge in [-0.3, -0.25) is 0 Å². The van der Waals surface area contributed by atoms with Gasteiger partial charge in [0.25, 0.3) is 0 Å². The zero-order chi connectivity index (χ0) is 13.4. The van der Waals surface area contributed by atoms with Gasteiger partial charge in [0, 0.05) is 6.08 Å². The van der Waals surface area contributed by atoms with Crippen molar-refractivity contribution in [3.05, 3.63) is 42.0 Å². The summed E-state index contributed by atoms with van der Waals surface area (Å²) in [6.45, 7) is 2.12. The van der Waals surface area contributed by atoms with E-state index in [-0.39, 0.29) is 6.61 Å². The summed E-state index contributed by atoms with van der Waals surface area (Å²) < 4.78 is 10.6. The fourth-order valence-corrected chi connectivity index (χ4v) is 1.39. The summed E-state index contributed by atoms with van der Waals surface area (Å²) >= 11 is 0. The minimum atomic E-state index is -0.992. The number of rotatable bonds is 6. The van der Waals surface area contributed by atoms with Crippen LogP contribution in [0.15, 0.2) is 36.4 Å². The number of ether oxygens (including phenoxy) is 2. The SMILES string of the molecule is CC=Cc1ccc(OCC=CC(=O)O)c(OC)c1. The molecule has 1 aromatic carbocycles. The minimum absolute atomic E-state index is 0.186. The first-order chi connectivity index (χ1) is 8.67. The monoisotopic (exact) mass is 248 g/mol. The lowest BCUT2D eigenvalue weighted by Gasteiger charge is -2.09. The molecule has 4 heteroatoms. The highest BCUT2D eigenvalue weighted by Crippen LogP contribution is 2.28. The number of hydrogen-bond acceptors (Lipinski definition) is 3. The molecule has 0 atom stereocenters. The van der Waals surface area contributed by atoms with Crippen molar-refractivity contribution in [1.29, 1.82) is 0 Å². The highest BCUT2D eigenvalue weighted by Gasteiger charge is 2.03. The van der Waals surface area contributed by atoms with Gasteiger partial charge in [-0.05, 0) is 30.7 Å². The van der Waals surface area contributed by atoms with E-state index >= 15 is 0 Å². The van der Waals surface area contributed by atoms with E-state index in [1.54, 1.807) is 13.2 Å². The topological polar surface area (TPSA) is 55.8 Å². The number of aliphatic carboxylic acids is 1. The lowest BCUT2D eigenvalue weighted by Crippen LogP contribution is -1.98. The molecule has 0 radical (unpaired) electrons. The van der Waals surface area contributed by atoms with Crippen molar-refractivity contribution in [2.24, 2.45) is 0 Å². The second kappa shape index (κ2) is 7.17. The van der Waals surface area contributed by atoms with Crippen LogP contribution < -0.4 is 9.47 Å². The molecule has 0 heterocycles. The Hall–Kier alpha value is -2.23. The summed E-state index contributed by atoms with van der Waals surface area (Å²) in [6.07, 6.45) is 6.36. The third kappa shape index (κ3) is 4.33. The Kier molecular flexibility index (Phi) is 5.51. The Morgan fingerprint density at radius 3 is 2.78 bits per heavy atom. The molecule has 0 aliphatic heterocycles. The minimum Gasteiger partial charge on any atom is -0.493 e. The summed E-state index contributed by atoms with van der Waals surface area (Å²) in [5.74, 6) is 0.212. The van der Waals surface area contributed by atoms with E-state index in [0.717, 1.165) is 11.6 Å². The summed E-state index contributed by atoms with van der Waals surface area (Å²) in [4.78, 5) is 10.3. The van der Waals surface area contributed by atoms with Crippen LogP contribution in [0.1, 0.15) is 12.5 Å². The Bertz CT molecular complexity index is 461. The summed E-state index contributed by atoms with van der Waals surface area (Å²) in [6, 6.07) is 5.55. The van der Waals surface area contributed by atoms with Gasteiger partial charge in [0.15, 0.2) is 11.5 Å². The molecule has 0 aliphatic carbocycles. The van der Waals surface area contributed by atoms with Gasteiger partial charge in [0.1, 0.15) is 6.61 Å². The van der Waals surface area contributed by atoms with E-state index in [4.69, 9.17) is 14.6 Å². The van der Waals surface area contributed by atoms with Crippen LogP contribution in [0.4, 0.5) is 0 Å². The molecule has 1 N–H and O–H groups in total. The lowest BCUT2D eigenvalue weighted by atomic mass is 10.2. The van der Waals surface area contributed by atoms with Crippen molar-refractivity contribution in [2.75, 3.05) is 13.7 Å². The normalized spacial score (nSPS) is 11.0. The smallest absolute Gasteiger partial charge is 0.328 e. The number of methoxy groups -OCH3 is 1. The van der Waals surface area contributed by atoms with Crippen LogP contribution in [0.25, 0.3) is 6.08 Å². The van der Waals surface area contributed by atoms with Gasteiger partial charge in [0.05, 0.1) is 7.11 Å². The summed E-state index contributed by atoms with van der Waals surface area (Å²) in [5.41, 5.74) is 1.02. The molecule has 0 bridgehead atoms. The Morgan fingerprint density at radius 1 is 1.39 bits per heavy atom. The molecule has 0 saturated heterocycles. The number of carboxylic acid groups (broad SMARTS) is 1. The maximum Gasteiger partial charge on any atom is 0.328 e. The molecule has 0 aliphatic rings. The van der Waals surface area contributed by atoms with Gasteiger partial charge >= 0.3 is 5.97 Å². The van der Waals surface area contributed by atoms with E-state index in [2.05, 4.69) is 0 Å². The van der Waals surface area contributed by atoms with Gasteiger partial charge in [-0.25, -0.2) is 4.79 Å². The fraction of sp³-hybridized carbons (Fsp3) is 0.214. The van der Waals surface area contributed by atoms with E-state index in [0.29, 0.717) is 11.5 Å². The van der Waals surface area contributed by atoms with E-state index in [1.807, 2.05) is 31.2 Å². The molecule has 0 unspecified atom stereocenters. The summed E-state index contributed by atoms with van der Waals surface area (Å²) in [5, 5.41) is 8.43. The highest BCUT2D eigenvalue weighted by molar-refractivity contribution is 5.79. The van der Waals surface area contributed by atoms with Crippen LogP contribution in [0, 0.1) is 0 Å². The second-order valence-electron chi connectivity index (χ2n) is 3.46. The first kappa shape index (κ1) is 13.8. The first-order valence-electron chi connectivity index (χ1n) is 5.50. The molecule has 0 saturated carbocycles. The Labute approximate surface area is 106 Å². The van der Waals surface area contributed by atoms with Crippen molar-refractivity contribution in [3.63, 3.8) is 0 Å². The van der Waals surface area contributed by atoms with E-state index < -0.39 is 5.97 Å². The average Bonchev–Trinajstić information content (AvgIpc) is 2.35. The average molecular weight is 248 g/mol. The number of carbonyl (C=O) groups is 1. The maximum absolute atomic E-state index is 10.3. The number of carboxylic acids is 1. The standard InChI is InChI=1S/C14H16O4/c1-3-5-11-7-8-12(13(10-11)17-2)18-9-4-6-14(15)16/h3-8,10H,9H2,1-2H3,(H,15,16). The third-order valence-corrected chi connectivity index (χ3v) is 2.14. The van der Waals surface area contributed by atoms with Crippen molar-refractivity contribution < 1.29 is 19.4 Å².